The summed E-state index contributed by atoms with van der Waals surface area (Å²) in [5.41, 5.74) is 3.92. The van der Waals surface area contributed by atoms with Crippen molar-refractivity contribution >= 4 is 17.7 Å². The number of hydrogen-bond acceptors (Lipinski definition) is 5. The molecule has 0 radical (unpaired) electrons. The normalized spacial score (nSPS) is 10.9. The Morgan fingerprint density at radius 3 is 2.00 bits per heavy atom. The van der Waals surface area contributed by atoms with Gasteiger partial charge < -0.3 is 4.74 Å². The standard InChI is InChI=1S/C21H25N3O5/c1-5-14-23(20(26)29-21(2,3)4)22-19(25)17-8-6-15(7-9-17)16-10-12-18(13-11-16)24(27)28/h6-13H,5,14H2,1-4H3,(H,22,25). The van der Waals surface area contributed by atoms with E-state index in [1.165, 1.54) is 12.1 Å². The topological polar surface area (TPSA) is 102 Å². The zero-order valence-electron chi connectivity index (χ0n) is 17.0. The summed E-state index contributed by atoms with van der Waals surface area (Å²) < 4.78 is 5.32. The monoisotopic (exact) mass is 399 g/mol. The van der Waals surface area contributed by atoms with Crippen molar-refractivity contribution in [2.45, 2.75) is 39.7 Å². The van der Waals surface area contributed by atoms with Gasteiger partial charge in [-0.15, -0.1) is 0 Å². The number of hydrogen-bond donors (Lipinski definition) is 1. The number of benzene rings is 2. The van der Waals surface area contributed by atoms with Crippen molar-refractivity contribution in [3.63, 3.8) is 0 Å². The molecule has 2 rings (SSSR count). The highest BCUT2D eigenvalue weighted by Gasteiger charge is 2.23. The molecule has 8 nitrogen and oxygen atoms in total. The number of hydrazine groups is 1. The third-order valence-electron chi connectivity index (χ3n) is 3.86. The van der Waals surface area contributed by atoms with E-state index in [4.69, 9.17) is 4.74 Å². The Hall–Kier alpha value is -3.42. The van der Waals surface area contributed by atoms with E-state index in [2.05, 4.69) is 5.43 Å². The largest absolute Gasteiger partial charge is 0.442 e. The lowest BCUT2D eigenvalue weighted by Gasteiger charge is -2.27. The van der Waals surface area contributed by atoms with Gasteiger partial charge in [-0.05, 0) is 62.6 Å². The van der Waals surface area contributed by atoms with Gasteiger partial charge in [-0.2, -0.15) is 0 Å². The van der Waals surface area contributed by atoms with Crippen LogP contribution in [0.1, 0.15) is 44.5 Å². The van der Waals surface area contributed by atoms with Gasteiger partial charge in [0.25, 0.3) is 11.6 Å². The summed E-state index contributed by atoms with van der Waals surface area (Å²) in [6.07, 6.45) is 0.0358. The van der Waals surface area contributed by atoms with E-state index in [9.17, 15) is 19.7 Å². The van der Waals surface area contributed by atoms with Crippen molar-refractivity contribution in [1.29, 1.82) is 0 Å². The van der Waals surface area contributed by atoms with Gasteiger partial charge in [0.1, 0.15) is 5.60 Å². The third kappa shape index (κ3) is 6.31. The molecule has 0 unspecified atom stereocenters. The number of carbonyl (C=O) groups excluding carboxylic acids is 2. The lowest BCUT2D eigenvalue weighted by molar-refractivity contribution is -0.384. The molecule has 2 aromatic rings. The van der Waals surface area contributed by atoms with E-state index in [1.807, 2.05) is 6.92 Å². The van der Waals surface area contributed by atoms with Crippen LogP contribution in [0.5, 0.6) is 0 Å². The van der Waals surface area contributed by atoms with E-state index >= 15 is 0 Å². The highest BCUT2D eigenvalue weighted by molar-refractivity contribution is 5.95. The van der Waals surface area contributed by atoms with Crippen molar-refractivity contribution in [2.75, 3.05) is 6.54 Å². The molecule has 8 heteroatoms. The molecule has 0 aliphatic carbocycles. The number of amides is 2. The highest BCUT2D eigenvalue weighted by Crippen LogP contribution is 2.22. The molecule has 0 heterocycles. The van der Waals surface area contributed by atoms with E-state index < -0.39 is 22.5 Å². The maximum atomic E-state index is 12.5. The van der Waals surface area contributed by atoms with Crippen molar-refractivity contribution in [3.8, 4) is 11.1 Å². The van der Waals surface area contributed by atoms with Gasteiger partial charge in [-0.1, -0.05) is 19.1 Å². The lowest BCUT2D eigenvalue weighted by atomic mass is 10.0. The molecule has 0 saturated carbocycles. The predicted molar refractivity (Wildman–Crippen MR) is 109 cm³/mol. The molecule has 2 aromatic carbocycles. The Bertz CT molecular complexity index is 871. The molecular weight excluding hydrogens is 374 g/mol. The summed E-state index contributed by atoms with van der Waals surface area (Å²) in [5, 5.41) is 11.9. The first-order valence-electron chi connectivity index (χ1n) is 9.27. The van der Waals surface area contributed by atoms with Gasteiger partial charge in [0.2, 0.25) is 0 Å². The molecule has 0 saturated heterocycles. The number of carbonyl (C=O) groups is 2. The minimum atomic E-state index is -0.666. The molecular formula is C21H25N3O5. The van der Waals surface area contributed by atoms with E-state index in [0.29, 0.717) is 18.5 Å². The maximum absolute atomic E-state index is 12.5. The fourth-order valence-electron chi connectivity index (χ4n) is 2.51. The average molecular weight is 399 g/mol. The zero-order chi connectivity index (χ0) is 21.6. The summed E-state index contributed by atoms with van der Waals surface area (Å²) in [4.78, 5) is 35.1. The van der Waals surface area contributed by atoms with Crippen molar-refractivity contribution in [3.05, 3.63) is 64.2 Å². The summed E-state index contributed by atoms with van der Waals surface area (Å²) in [7, 11) is 0. The van der Waals surface area contributed by atoms with Crippen molar-refractivity contribution in [2.24, 2.45) is 0 Å². The Kier molecular flexibility index (Phi) is 6.93. The average Bonchev–Trinajstić information content (AvgIpc) is 2.66. The highest BCUT2D eigenvalue weighted by atomic mass is 16.6. The minimum Gasteiger partial charge on any atom is -0.442 e. The van der Waals surface area contributed by atoms with Crippen molar-refractivity contribution in [1.82, 2.24) is 10.4 Å². The quantitative estimate of drug-likeness (QED) is 0.587. The van der Waals surface area contributed by atoms with Crippen LogP contribution in [-0.2, 0) is 4.74 Å². The Labute approximate surface area is 169 Å². The molecule has 0 bridgehead atoms. The Morgan fingerprint density at radius 1 is 1.03 bits per heavy atom. The number of nitro benzene ring substituents is 1. The first-order valence-corrected chi connectivity index (χ1v) is 9.27. The lowest BCUT2D eigenvalue weighted by Crippen LogP contribution is -2.48. The van der Waals surface area contributed by atoms with Gasteiger partial charge in [0, 0.05) is 24.2 Å². The summed E-state index contributed by atoms with van der Waals surface area (Å²) in [5.74, 6) is -0.431. The minimum absolute atomic E-state index is 0.0166. The third-order valence-corrected chi connectivity index (χ3v) is 3.86. The van der Waals surface area contributed by atoms with Crippen LogP contribution in [0.4, 0.5) is 10.5 Å². The maximum Gasteiger partial charge on any atom is 0.429 e. The van der Waals surface area contributed by atoms with E-state index in [1.54, 1.807) is 57.2 Å². The van der Waals surface area contributed by atoms with E-state index in [0.717, 1.165) is 16.1 Å². The molecule has 0 aliphatic rings. The van der Waals surface area contributed by atoms with Crippen molar-refractivity contribution < 1.29 is 19.2 Å². The SMILES string of the molecule is CCCN(NC(=O)c1ccc(-c2ccc([N+](=O)[O-])cc2)cc1)C(=O)OC(C)(C)C. The molecule has 29 heavy (non-hydrogen) atoms. The molecule has 154 valence electrons. The Morgan fingerprint density at radius 2 is 1.55 bits per heavy atom. The number of ether oxygens (including phenoxy) is 1. The van der Waals surface area contributed by atoms with E-state index in [-0.39, 0.29) is 5.69 Å². The van der Waals surface area contributed by atoms with Crippen LogP contribution in [0.15, 0.2) is 48.5 Å². The molecule has 2 amide bonds. The van der Waals surface area contributed by atoms with Crippen LogP contribution < -0.4 is 5.43 Å². The van der Waals surface area contributed by atoms with Crippen LogP contribution in [0.2, 0.25) is 0 Å². The van der Waals surface area contributed by atoms with Crippen LogP contribution in [0.3, 0.4) is 0 Å². The molecule has 0 fully saturated rings. The van der Waals surface area contributed by atoms with Gasteiger partial charge in [0.05, 0.1) is 4.92 Å². The fourth-order valence-corrected chi connectivity index (χ4v) is 2.51. The Balaban J connectivity index is 2.10. The first kappa shape index (κ1) is 21.9. The van der Waals surface area contributed by atoms with Crippen LogP contribution in [0.25, 0.3) is 11.1 Å². The number of nitro groups is 1. The van der Waals surface area contributed by atoms with Crippen LogP contribution in [-0.4, -0.2) is 34.1 Å². The second-order valence-electron chi connectivity index (χ2n) is 7.45. The molecule has 0 aliphatic heterocycles. The molecule has 0 atom stereocenters. The van der Waals surface area contributed by atoms with Crippen LogP contribution in [0, 0.1) is 10.1 Å². The summed E-state index contributed by atoms with van der Waals surface area (Å²) >= 11 is 0. The van der Waals surface area contributed by atoms with Gasteiger partial charge in [-0.3, -0.25) is 20.3 Å². The number of non-ortho nitro benzene ring substituents is 1. The van der Waals surface area contributed by atoms with Gasteiger partial charge >= 0.3 is 6.09 Å². The smallest absolute Gasteiger partial charge is 0.429 e. The zero-order valence-corrected chi connectivity index (χ0v) is 17.0. The number of nitrogens with zero attached hydrogens (tertiary/aromatic N) is 2. The summed E-state index contributed by atoms with van der Waals surface area (Å²) in [6, 6.07) is 12.9. The molecule has 1 N–H and O–H groups in total. The number of nitrogens with one attached hydrogen (secondary N) is 1. The van der Waals surface area contributed by atoms with Crippen LogP contribution >= 0.6 is 0 Å². The predicted octanol–water partition coefficient (Wildman–Crippen LogP) is 4.55. The van der Waals surface area contributed by atoms with Gasteiger partial charge in [0.15, 0.2) is 0 Å². The second-order valence-corrected chi connectivity index (χ2v) is 7.45. The van der Waals surface area contributed by atoms with Gasteiger partial charge in [-0.25, -0.2) is 9.80 Å². The molecule has 0 spiro atoms. The first-order chi connectivity index (χ1) is 13.6. The molecule has 0 aromatic heterocycles. The summed E-state index contributed by atoms with van der Waals surface area (Å²) in [6.45, 7) is 7.49. The number of rotatable bonds is 5. The second kappa shape index (κ2) is 9.18. The fraction of sp³-hybridized carbons (Fsp3) is 0.333.